The zero-order chi connectivity index (χ0) is 23.9. The monoisotopic (exact) mass is 468 g/mol. The minimum absolute atomic E-state index is 0.254. The van der Waals surface area contributed by atoms with Gasteiger partial charge in [0.05, 0.1) is 43.3 Å². The van der Waals surface area contributed by atoms with Gasteiger partial charge in [-0.05, 0) is 37.6 Å². The van der Waals surface area contributed by atoms with Crippen molar-refractivity contribution in [1.29, 1.82) is 0 Å². The van der Waals surface area contributed by atoms with Crippen LogP contribution in [0.1, 0.15) is 29.8 Å². The number of benzene rings is 1. The molecule has 0 spiro atoms. The molecule has 3 aromatic rings. The summed E-state index contributed by atoms with van der Waals surface area (Å²) < 4.78 is 19.4. The number of methoxy groups -OCH3 is 3. The second-order valence-electron chi connectivity index (χ2n) is 7.50. The maximum atomic E-state index is 13.6. The molecule has 3 heterocycles. The second-order valence-corrected chi connectivity index (χ2v) is 8.51. The molecule has 1 unspecified atom stereocenters. The Labute approximate surface area is 193 Å². The Morgan fingerprint density at radius 1 is 1.15 bits per heavy atom. The maximum Gasteiger partial charge on any atom is 0.338 e. The molecular formula is C23H24N4O5S. The van der Waals surface area contributed by atoms with Crippen molar-refractivity contribution in [2.45, 2.75) is 19.9 Å². The van der Waals surface area contributed by atoms with Crippen LogP contribution in [0.4, 0.5) is 0 Å². The van der Waals surface area contributed by atoms with E-state index in [1.165, 1.54) is 18.4 Å². The number of aromatic nitrogens is 3. The van der Waals surface area contributed by atoms with E-state index in [9.17, 15) is 9.59 Å². The number of carbonyl (C=O) groups excluding carboxylic acids is 1. The number of hydrogen-bond acceptors (Lipinski definition) is 8. The predicted molar refractivity (Wildman–Crippen MR) is 123 cm³/mol. The molecule has 1 aromatic carbocycles. The Hall–Kier alpha value is -3.66. The van der Waals surface area contributed by atoms with Gasteiger partial charge in [-0.3, -0.25) is 14.0 Å². The zero-order valence-electron chi connectivity index (χ0n) is 19.2. The van der Waals surface area contributed by atoms with Crippen LogP contribution in [-0.4, -0.2) is 41.6 Å². The van der Waals surface area contributed by atoms with E-state index in [-0.39, 0.29) is 5.56 Å². The van der Waals surface area contributed by atoms with Crippen molar-refractivity contribution < 1.29 is 19.0 Å². The van der Waals surface area contributed by atoms with Crippen LogP contribution < -0.4 is 24.4 Å². The number of rotatable bonds is 5. The van der Waals surface area contributed by atoms with Crippen molar-refractivity contribution in [2.75, 3.05) is 21.3 Å². The highest BCUT2D eigenvalue weighted by Crippen LogP contribution is 2.32. The lowest BCUT2D eigenvalue weighted by molar-refractivity contribution is -0.136. The van der Waals surface area contributed by atoms with Crippen molar-refractivity contribution in [1.82, 2.24) is 14.3 Å². The van der Waals surface area contributed by atoms with Crippen LogP contribution in [0.25, 0.3) is 6.08 Å². The van der Waals surface area contributed by atoms with Crippen LogP contribution >= 0.6 is 11.3 Å². The fourth-order valence-electron chi connectivity index (χ4n) is 3.86. The van der Waals surface area contributed by atoms with E-state index in [4.69, 9.17) is 14.2 Å². The molecule has 0 N–H and O–H groups in total. The summed E-state index contributed by atoms with van der Waals surface area (Å²) in [6.07, 6.45) is 3.45. The van der Waals surface area contributed by atoms with Crippen LogP contribution in [-0.2, 0) is 16.6 Å². The fraction of sp³-hybridized carbons (Fsp3) is 0.304. The average molecular weight is 469 g/mol. The summed E-state index contributed by atoms with van der Waals surface area (Å²) in [5, 5.41) is 4.31. The number of fused-ring (bicyclic) bond motifs is 1. The minimum atomic E-state index is -0.685. The molecular weight excluding hydrogens is 444 g/mol. The molecule has 0 aliphatic carbocycles. The average Bonchev–Trinajstić information content (AvgIpc) is 3.30. The van der Waals surface area contributed by atoms with Crippen LogP contribution in [0.5, 0.6) is 11.5 Å². The molecule has 1 atom stereocenters. The summed E-state index contributed by atoms with van der Waals surface area (Å²) >= 11 is 1.26. The molecule has 0 saturated carbocycles. The minimum Gasteiger partial charge on any atom is -0.493 e. The van der Waals surface area contributed by atoms with E-state index in [0.29, 0.717) is 32.1 Å². The second kappa shape index (κ2) is 8.70. The third-order valence-corrected chi connectivity index (χ3v) is 6.68. The van der Waals surface area contributed by atoms with Gasteiger partial charge in [-0.25, -0.2) is 9.79 Å². The topological polar surface area (TPSA) is 96.9 Å². The Balaban J connectivity index is 1.96. The van der Waals surface area contributed by atoms with E-state index in [2.05, 4.69) is 10.1 Å². The van der Waals surface area contributed by atoms with Gasteiger partial charge < -0.3 is 14.2 Å². The van der Waals surface area contributed by atoms with Crippen molar-refractivity contribution in [2.24, 2.45) is 12.0 Å². The summed E-state index contributed by atoms with van der Waals surface area (Å²) in [6, 6.07) is 4.73. The largest absolute Gasteiger partial charge is 0.493 e. The molecule has 0 amide bonds. The van der Waals surface area contributed by atoms with Crippen LogP contribution in [0, 0.1) is 6.92 Å². The van der Waals surface area contributed by atoms with E-state index in [1.54, 1.807) is 54.8 Å². The molecule has 4 rings (SSSR count). The van der Waals surface area contributed by atoms with Crippen molar-refractivity contribution in [3.8, 4) is 11.5 Å². The number of nitrogens with zero attached hydrogens (tertiary/aromatic N) is 4. The highest BCUT2D eigenvalue weighted by atomic mass is 32.1. The first kappa shape index (κ1) is 22.5. The molecule has 0 saturated heterocycles. The molecule has 0 bridgehead atoms. The Kier molecular flexibility index (Phi) is 5.94. The number of carbonyl (C=O) groups is 1. The molecule has 33 heavy (non-hydrogen) atoms. The normalized spacial score (nSPS) is 15.8. The Morgan fingerprint density at radius 2 is 1.88 bits per heavy atom. The Bertz CT molecular complexity index is 1460. The molecule has 1 aliphatic heterocycles. The standard InChI is InChI=1S/C23H24N4O5S/c1-12-19(22(29)32-6)20(15-11-24-26(3)13(15)2)27-21(28)18(33-23(27)25-12)10-14-7-8-16(30-4)17(9-14)31-5/h7-11,20H,1-6H3. The van der Waals surface area contributed by atoms with Gasteiger partial charge >= 0.3 is 5.97 Å². The number of thiazole rings is 1. The first-order valence-corrected chi connectivity index (χ1v) is 10.9. The first-order valence-electron chi connectivity index (χ1n) is 10.1. The number of ether oxygens (including phenoxy) is 3. The van der Waals surface area contributed by atoms with Crippen molar-refractivity contribution in [3.05, 3.63) is 72.2 Å². The third kappa shape index (κ3) is 3.76. The fourth-order valence-corrected chi connectivity index (χ4v) is 4.91. The van der Waals surface area contributed by atoms with Gasteiger partial charge in [0.2, 0.25) is 0 Å². The van der Waals surface area contributed by atoms with Gasteiger partial charge in [-0.1, -0.05) is 17.4 Å². The number of allylic oxidation sites excluding steroid dienone is 1. The molecule has 2 aromatic heterocycles. The lowest BCUT2D eigenvalue weighted by Gasteiger charge is -2.23. The summed E-state index contributed by atoms with van der Waals surface area (Å²) in [6.45, 7) is 3.64. The number of aryl methyl sites for hydroxylation is 1. The third-order valence-electron chi connectivity index (χ3n) is 5.70. The Morgan fingerprint density at radius 3 is 2.48 bits per heavy atom. The van der Waals surface area contributed by atoms with Crippen LogP contribution in [0.2, 0.25) is 0 Å². The van der Waals surface area contributed by atoms with E-state index in [1.807, 2.05) is 20.0 Å². The van der Waals surface area contributed by atoms with Gasteiger partial charge in [0.1, 0.15) is 6.04 Å². The van der Waals surface area contributed by atoms with E-state index in [0.717, 1.165) is 16.8 Å². The van der Waals surface area contributed by atoms with Gasteiger partial charge in [0, 0.05) is 18.3 Å². The molecule has 9 nitrogen and oxygen atoms in total. The van der Waals surface area contributed by atoms with E-state index < -0.39 is 12.0 Å². The smallest absolute Gasteiger partial charge is 0.338 e. The molecule has 172 valence electrons. The first-order chi connectivity index (χ1) is 15.8. The number of hydrogen-bond donors (Lipinski definition) is 0. The van der Waals surface area contributed by atoms with Gasteiger partial charge in [0.15, 0.2) is 16.3 Å². The maximum absolute atomic E-state index is 13.6. The highest BCUT2D eigenvalue weighted by molar-refractivity contribution is 7.07. The predicted octanol–water partition coefficient (Wildman–Crippen LogP) is 1.47. The van der Waals surface area contributed by atoms with Gasteiger partial charge in [-0.15, -0.1) is 0 Å². The molecule has 1 aliphatic rings. The lowest BCUT2D eigenvalue weighted by atomic mass is 9.96. The van der Waals surface area contributed by atoms with Crippen LogP contribution in [0.3, 0.4) is 0 Å². The summed E-state index contributed by atoms with van der Waals surface area (Å²) in [5.41, 5.74) is 2.93. The number of esters is 1. The summed E-state index contributed by atoms with van der Waals surface area (Å²) in [7, 11) is 6.26. The molecule has 10 heteroatoms. The quantitative estimate of drug-likeness (QED) is 0.526. The van der Waals surface area contributed by atoms with Gasteiger partial charge in [0.25, 0.3) is 5.56 Å². The summed E-state index contributed by atoms with van der Waals surface area (Å²) in [4.78, 5) is 31.4. The van der Waals surface area contributed by atoms with Crippen molar-refractivity contribution >= 4 is 23.4 Å². The van der Waals surface area contributed by atoms with Crippen LogP contribution in [0.15, 0.2) is 45.5 Å². The zero-order valence-corrected chi connectivity index (χ0v) is 20.0. The molecule has 0 fully saturated rings. The molecule has 0 radical (unpaired) electrons. The summed E-state index contributed by atoms with van der Waals surface area (Å²) in [5.74, 6) is 0.631. The SMILES string of the molecule is COC(=O)C1=C(C)N=c2sc(=Cc3ccc(OC)c(OC)c3)c(=O)n2C1c1cnn(C)c1C. The lowest BCUT2D eigenvalue weighted by Crippen LogP contribution is -2.40. The van der Waals surface area contributed by atoms with Crippen molar-refractivity contribution in [3.63, 3.8) is 0 Å². The highest BCUT2D eigenvalue weighted by Gasteiger charge is 2.35. The van der Waals surface area contributed by atoms with Gasteiger partial charge in [-0.2, -0.15) is 5.10 Å². The van der Waals surface area contributed by atoms with E-state index >= 15 is 0 Å².